The van der Waals surface area contributed by atoms with Crippen molar-refractivity contribution in [3.8, 4) is 5.75 Å². The summed E-state index contributed by atoms with van der Waals surface area (Å²) in [5.74, 6) is 1.83. The molecule has 39 heavy (non-hydrogen) atoms. The minimum absolute atomic E-state index is 0.0587. The minimum atomic E-state index is -0.285. The number of phenolic OH excluding ortho intramolecular Hbond substituents is 1. The van der Waals surface area contributed by atoms with Crippen molar-refractivity contribution in [1.82, 2.24) is 4.90 Å². The molecular weight excluding hydrogens is 550 g/mol. The van der Waals surface area contributed by atoms with Crippen LogP contribution >= 0.6 is 16.1 Å². The number of aromatic hydroxyl groups is 1. The third-order valence-corrected chi connectivity index (χ3v) is 8.74. The zero-order chi connectivity index (χ0) is 28.5. The third kappa shape index (κ3) is 6.21. The lowest BCUT2D eigenvalue weighted by Gasteiger charge is -2.28. The number of para-hydroxylation sites is 1. The number of hydrogen-bond donors (Lipinski definition) is 1. The Kier molecular flexibility index (Phi) is 8.85. The quantitative estimate of drug-likeness (QED) is 0.329. The molecule has 0 radical (unpaired) electrons. The van der Waals surface area contributed by atoms with E-state index < -0.39 is 0 Å². The molecule has 2 heterocycles. The second-order valence-corrected chi connectivity index (χ2v) is 13.8. The predicted octanol–water partition coefficient (Wildman–Crippen LogP) is 7.99. The molecule has 0 saturated carbocycles. The number of benzene rings is 2. The van der Waals surface area contributed by atoms with Crippen LogP contribution in [0.1, 0.15) is 107 Å². The second kappa shape index (κ2) is 11.6. The van der Waals surface area contributed by atoms with Gasteiger partial charge < -0.3 is 14.9 Å². The topological polar surface area (TPSA) is 56.1 Å². The van der Waals surface area contributed by atoms with Gasteiger partial charge in [0.2, 0.25) is 0 Å². The number of phenols is 1. The SMILES string of the molecule is CCC[C@H]1CN(CC(=O)c2cc(C(C)(C)C)c(O)c(C(C)(C)C)c2)C(=NBr)[C@@H]1c1ccccc1N1CCCC1. The van der Waals surface area contributed by atoms with Crippen LogP contribution in [0.15, 0.2) is 40.4 Å². The molecule has 0 unspecified atom stereocenters. The fourth-order valence-corrected chi connectivity index (χ4v) is 6.81. The Morgan fingerprint density at radius 1 is 1.03 bits per heavy atom. The van der Waals surface area contributed by atoms with Crippen LogP contribution in [-0.4, -0.2) is 47.8 Å². The molecule has 0 bridgehead atoms. The molecule has 212 valence electrons. The van der Waals surface area contributed by atoms with Crippen molar-refractivity contribution >= 4 is 33.5 Å². The minimum Gasteiger partial charge on any atom is -0.507 e. The van der Waals surface area contributed by atoms with Crippen molar-refractivity contribution in [2.24, 2.45) is 9.94 Å². The van der Waals surface area contributed by atoms with Crippen LogP contribution in [0.3, 0.4) is 0 Å². The maximum absolute atomic E-state index is 13.9. The van der Waals surface area contributed by atoms with E-state index in [0.29, 0.717) is 17.2 Å². The molecule has 2 atom stereocenters. The zero-order valence-electron chi connectivity index (χ0n) is 24.9. The second-order valence-electron chi connectivity index (χ2n) is 13.4. The number of halogens is 1. The number of carbonyl (C=O) groups excluding carboxylic acids is 1. The van der Waals surface area contributed by atoms with Gasteiger partial charge >= 0.3 is 0 Å². The lowest BCUT2D eigenvalue weighted by molar-refractivity contribution is 0.0963. The van der Waals surface area contributed by atoms with E-state index in [1.54, 1.807) is 0 Å². The summed E-state index contributed by atoms with van der Waals surface area (Å²) >= 11 is 3.46. The van der Waals surface area contributed by atoms with Crippen LogP contribution in [0.25, 0.3) is 0 Å². The van der Waals surface area contributed by atoms with E-state index in [4.69, 9.17) is 0 Å². The third-order valence-electron chi connectivity index (χ3n) is 8.38. The molecule has 2 aliphatic heterocycles. The molecule has 6 heteroatoms. The number of rotatable bonds is 7. The number of anilines is 1. The van der Waals surface area contributed by atoms with Crippen molar-refractivity contribution < 1.29 is 9.90 Å². The fraction of sp³-hybridized carbons (Fsp3) is 0.576. The van der Waals surface area contributed by atoms with E-state index in [1.807, 2.05) is 12.1 Å². The van der Waals surface area contributed by atoms with Crippen molar-refractivity contribution in [2.45, 2.75) is 90.9 Å². The lowest BCUT2D eigenvalue weighted by atomic mass is 9.78. The lowest BCUT2D eigenvalue weighted by Crippen LogP contribution is -2.33. The molecule has 0 amide bonds. The molecule has 0 aromatic heterocycles. The molecule has 0 spiro atoms. The summed E-state index contributed by atoms with van der Waals surface area (Å²) in [6.07, 6.45) is 4.64. The predicted molar refractivity (Wildman–Crippen MR) is 167 cm³/mol. The van der Waals surface area contributed by atoms with E-state index in [2.05, 4.69) is 103 Å². The van der Waals surface area contributed by atoms with Gasteiger partial charge in [0.1, 0.15) is 11.6 Å². The van der Waals surface area contributed by atoms with Gasteiger partial charge in [0.05, 0.1) is 22.7 Å². The largest absolute Gasteiger partial charge is 0.507 e. The first kappa shape index (κ1) is 29.6. The first-order valence-electron chi connectivity index (χ1n) is 14.6. The molecule has 2 aliphatic rings. The Morgan fingerprint density at radius 3 is 2.15 bits per heavy atom. The highest BCUT2D eigenvalue weighted by atomic mass is 79.9. The van der Waals surface area contributed by atoms with Crippen LogP contribution < -0.4 is 4.90 Å². The molecule has 2 fully saturated rings. The monoisotopic (exact) mass is 595 g/mol. The average molecular weight is 597 g/mol. The summed E-state index contributed by atoms with van der Waals surface area (Å²) in [4.78, 5) is 18.6. The van der Waals surface area contributed by atoms with Gasteiger partial charge in [-0.15, -0.1) is 0 Å². The summed E-state index contributed by atoms with van der Waals surface area (Å²) in [7, 11) is 0. The van der Waals surface area contributed by atoms with Gasteiger partial charge in [-0.25, -0.2) is 0 Å². The smallest absolute Gasteiger partial charge is 0.182 e. The van der Waals surface area contributed by atoms with E-state index in [-0.39, 0.29) is 29.1 Å². The number of carbonyl (C=O) groups is 1. The molecule has 4 rings (SSSR count). The molecule has 1 N–H and O–H groups in total. The van der Waals surface area contributed by atoms with Gasteiger partial charge in [-0.2, -0.15) is 4.02 Å². The van der Waals surface area contributed by atoms with Gasteiger partial charge in [-0.05, 0) is 59.8 Å². The summed E-state index contributed by atoms with van der Waals surface area (Å²) < 4.78 is 4.65. The maximum atomic E-state index is 13.9. The Bertz CT molecular complexity index is 1180. The average Bonchev–Trinajstić information content (AvgIpc) is 3.51. The van der Waals surface area contributed by atoms with Gasteiger partial charge in [0, 0.05) is 47.9 Å². The summed E-state index contributed by atoms with van der Waals surface area (Å²) in [5, 5.41) is 11.2. The molecule has 2 aromatic carbocycles. The first-order valence-corrected chi connectivity index (χ1v) is 15.3. The Labute approximate surface area is 244 Å². The molecule has 2 saturated heterocycles. The Morgan fingerprint density at radius 2 is 1.62 bits per heavy atom. The number of hydrogen-bond acceptors (Lipinski definition) is 4. The van der Waals surface area contributed by atoms with Gasteiger partial charge in [0.25, 0.3) is 0 Å². The van der Waals surface area contributed by atoms with Crippen molar-refractivity contribution in [1.29, 1.82) is 0 Å². The molecule has 2 aromatic rings. The van der Waals surface area contributed by atoms with Gasteiger partial charge in [-0.1, -0.05) is 73.1 Å². The summed E-state index contributed by atoms with van der Waals surface area (Å²) in [6, 6.07) is 12.6. The molecule has 5 nitrogen and oxygen atoms in total. The van der Waals surface area contributed by atoms with Gasteiger partial charge in [-0.3, -0.25) is 4.79 Å². The van der Waals surface area contributed by atoms with Crippen LogP contribution in [-0.2, 0) is 10.8 Å². The number of Topliss-reactive ketones (excluding diaryl/α,β-unsaturated/α-hetero) is 1. The van der Waals surface area contributed by atoms with Crippen molar-refractivity contribution in [3.63, 3.8) is 0 Å². The fourth-order valence-electron chi connectivity index (χ4n) is 6.36. The first-order chi connectivity index (χ1) is 18.4. The van der Waals surface area contributed by atoms with E-state index in [1.165, 1.54) is 24.1 Å². The van der Waals surface area contributed by atoms with Crippen LogP contribution in [0.4, 0.5) is 5.69 Å². The normalized spacial score (nSPS) is 21.3. The molecule has 0 aliphatic carbocycles. The zero-order valence-corrected chi connectivity index (χ0v) is 26.4. The van der Waals surface area contributed by atoms with Crippen LogP contribution in [0, 0.1) is 5.92 Å². The highest BCUT2D eigenvalue weighted by molar-refractivity contribution is 9.08. The summed E-state index contributed by atoms with van der Waals surface area (Å²) in [5.41, 5.74) is 4.35. The van der Waals surface area contributed by atoms with E-state index >= 15 is 0 Å². The summed E-state index contributed by atoms with van der Waals surface area (Å²) in [6.45, 7) is 18.0. The standard InChI is InChI=1S/C33H46BrN3O2/c1-8-13-22-20-37(31(35-34)29(22)24-14-9-10-15-27(24)36-16-11-12-17-36)21-28(38)23-18-25(32(2,3)4)30(39)26(19-23)33(5,6)7/h9-10,14-15,18-19,22,29,39H,8,11-13,16-17,20-21H2,1-7H3/t22-,29-/m0/s1. The highest BCUT2D eigenvalue weighted by Crippen LogP contribution is 2.43. The van der Waals surface area contributed by atoms with Gasteiger partial charge in [0.15, 0.2) is 5.78 Å². The number of nitrogens with zero attached hydrogens (tertiary/aromatic N) is 3. The van der Waals surface area contributed by atoms with Crippen LogP contribution in [0.5, 0.6) is 5.75 Å². The van der Waals surface area contributed by atoms with Crippen molar-refractivity contribution in [2.75, 3.05) is 31.1 Å². The number of amidine groups is 1. The van der Waals surface area contributed by atoms with Crippen molar-refractivity contribution in [3.05, 3.63) is 58.7 Å². The van der Waals surface area contributed by atoms with E-state index in [9.17, 15) is 9.90 Å². The van der Waals surface area contributed by atoms with E-state index in [0.717, 1.165) is 49.4 Å². The Balaban J connectivity index is 1.69. The Hall–Kier alpha value is -2.34. The van der Waals surface area contributed by atoms with Crippen LogP contribution in [0.2, 0.25) is 0 Å². The number of likely N-dealkylation sites (tertiary alicyclic amines) is 1. The number of ketones is 1. The maximum Gasteiger partial charge on any atom is 0.182 e. The highest BCUT2D eigenvalue weighted by Gasteiger charge is 2.41. The molecular formula is C33H46BrN3O2.